The monoisotopic (exact) mass is 264 g/mol. The Hall–Kier alpha value is -1.16. The van der Waals surface area contributed by atoms with E-state index in [1.165, 1.54) is 0 Å². The molecule has 0 aliphatic heterocycles. The lowest BCUT2D eigenvalue weighted by molar-refractivity contribution is -0.140. The highest BCUT2D eigenvalue weighted by molar-refractivity contribution is 5.88. The number of imidazole rings is 1. The summed E-state index contributed by atoms with van der Waals surface area (Å²) in [7, 11) is 0. The van der Waals surface area contributed by atoms with Crippen molar-refractivity contribution in [3.63, 3.8) is 0 Å². The summed E-state index contributed by atoms with van der Waals surface area (Å²) in [4.78, 5) is 16.6. The van der Waals surface area contributed by atoms with E-state index in [1.54, 1.807) is 6.20 Å². The van der Waals surface area contributed by atoms with Crippen LogP contribution in [0.3, 0.4) is 0 Å². The molecule has 0 amide bonds. The Balaban J connectivity index is 2.02. The Morgan fingerprint density at radius 3 is 2.84 bits per heavy atom. The molecule has 2 rings (SSSR count). The topological polar surface area (TPSA) is 55.1 Å². The number of carbonyl (C=O) groups excluding carboxylic acids is 1. The van der Waals surface area contributed by atoms with Gasteiger partial charge in [-0.25, -0.2) is 4.98 Å². The van der Waals surface area contributed by atoms with E-state index in [9.17, 15) is 9.90 Å². The number of nitrogens with zero attached hydrogens (tertiary/aromatic N) is 2. The number of hydrogen-bond donors (Lipinski definition) is 1. The zero-order chi connectivity index (χ0) is 13.9. The first-order valence-electron chi connectivity index (χ1n) is 7.31. The normalized spacial score (nSPS) is 27.4. The number of carbonyl (C=O) groups is 1. The number of ketones is 1. The highest BCUT2D eigenvalue weighted by Crippen LogP contribution is 2.33. The molecule has 1 aliphatic rings. The predicted octanol–water partition coefficient (Wildman–Crippen LogP) is 2.35. The Morgan fingerprint density at radius 2 is 2.21 bits per heavy atom. The van der Waals surface area contributed by atoms with Gasteiger partial charge in [0.15, 0.2) is 5.78 Å². The van der Waals surface area contributed by atoms with Crippen LogP contribution < -0.4 is 0 Å². The van der Waals surface area contributed by atoms with Crippen LogP contribution in [-0.4, -0.2) is 26.0 Å². The molecule has 4 nitrogen and oxygen atoms in total. The molecule has 0 saturated heterocycles. The molecule has 0 atom stereocenters. The lowest BCUT2D eigenvalue weighted by Crippen LogP contribution is -2.43. The maximum Gasteiger partial charge on any atom is 0.171 e. The molecule has 0 unspecified atom stereocenters. The van der Waals surface area contributed by atoms with E-state index in [1.807, 2.05) is 10.8 Å². The molecule has 106 valence electrons. The summed E-state index contributed by atoms with van der Waals surface area (Å²) in [6.07, 6.45) is 7.96. The summed E-state index contributed by atoms with van der Waals surface area (Å²) in [6.45, 7) is 5.15. The van der Waals surface area contributed by atoms with Crippen LogP contribution in [0.5, 0.6) is 0 Å². The van der Waals surface area contributed by atoms with Gasteiger partial charge in [0.05, 0.1) is 6.42 Å². The maximum atomic E-state index is 12.3. The van der Waals surface area contributed by atoms with Crippen molar-refractivity contribution in [3.8, 4) is 0 Å². The van der Waals surface area contributed by atoms with Gasteiger partial charge in [0.1, 0.15) is 11.4 Å². The summed E-state index contributed by atoms with van der Waals surface area (Å²) in [6, 6.07) is 0. The van der Waals surface area contributed by atoms with Crippen LogP contribution in [0.25, 0.3) is 0 Å². The van der Waals surface area contributed by atoms with Gasteiger partial charge in [-0.2, -0.15) is 0 Å². The van der Waals surface area contributed by atoms with Crippen molar-refractivity contribution in [3.05, 3.63) is 18.2 Å². The van der Waals surface area contributed by atoms with E-state index in [-0.39, 0.29) is 12.2 Å². The number of aliphatic hydroxyl groups is 1. The van der Waals surface area contributed by atoms with Crippen LogP contribution in [-0.2, 0) is 17.8 Å². The summed E-state index contributed by atoms with van der Waals surface area (Å²) >= 11 is 0. The number of rotatable bonds is 5. The van der Waals surface area contributed by atoms with E-state index in [2.05, 4.69) is 18.8 Å². The molecule has 0 radical (unpaired) electrons. The van der Waals surface area contributed by atoms with Gasteiger partial charge >= 0.3 is 0 Å². The van der Waals surface area contributed by atoms with E-state index in [0.717, 1.165) is 31.6 Å². The molecule has 4 heteroatoms. The molecule has 1 fully saturated rings. The predicted molar refractivity (Wildman–Crippen MR) is 73.8 cm³/mol. The lowest BCUT2D eigenvalue weighted by atomic mass is 9.76. The van der Waals surface area contributed by atoms with Gasteiger partial charge in [0, 0.05) is 18.9 Å². The minimum absolute atomic E-state index is 0.0667. The van der Waals surface area contributed by atoms with Crippen LogP contribution in [0.1, 0.15) is 51.8 Å². The third-order valence-corrected chi connectivity index (χ3v) is 4.21. The smallest absolute Gasteiger partial charge is 0.171 e. The second-order valence-electron chi connectivity index (χ2n) is 5.85. The third-order valence-electron chi connectivity index (χ3n) is 4.21. The summed E-state index contributed by atoms with van der Waals surface area (Å²) in [5, 5.41) is 10.5. The zero-order valence-electron chi connectivity index (χ0n) is 11.9. The average Bonchev–Trinajstić information content (AvgIpc) is 2.81. The molecular formula is C15H24N2O2. The van der Waals surface area contributed by atoms with Gasteiger partial charge in [-0.1, -0.05) is 13.8 Å². The SMILES string of the molecule is CCCn1ccnc1CC(=O)C1(O)CCC(C)CC1. The van der Waals surface area contributed by atoms with Crippen molar-refractivity contribution in [2.75, 3.05) is 0 Å². The van der Waals surface area contributed by atoms with E-state index in [0.29, 0.717) is 18.8 Å². The fraction of sp³-hybridized carbons (Fsp3) is 0.733. The third kappa shape index (κ3) is 3.24. The lowest BCUT2D eigenvalue weighted by Gasteiger charge is -2.33. The standard InChI is InChI=1S/C15H24N2O2/c1-3-9-17-10-8-16-14(17)11-13(18)15(19)6-4-12(2)5-7-15/h8,10,12,19H,3-7,9,11H2,1-2H3. The minimum atomic E-state index is -1.12. The molecule has 1 heterocycles. The molecular weight excluding hydrogens is 240 g/mol. The van der Waals surface area contributed by atoms with Crippen LogP contribution in [0.4, 0.5) is 0 Å². The summed E-state index contributed by atoms with van der Waals surface area (Å²) < 4.78 is 2.01. The van der Waals surface area contributed by atoms with E-state index < -0.39 is 5.60 Å². The second-order valence-corrected chi connectivity index (χ2v) is 5.85. The number of aryl methyl sites for hydroxylation is 1. The van der Waals surface area contributed by atoms with Crippen molar-refractivity contribution in [1.82, 2.24) is 9.55 Å². The Kier molecular flexibility index (Phi) is 4.40. The fourth-order valence-corrected chi connectivity index (χ4v) is 2.78. The zero-order valence-corrected chi connectivity index (χ0v) is 11.9. The van der Waals surface area contributed by atoms with Crippen LogP contribution in [0.15, 0.2) is 12.4 Å². The molecule has 1 saturated carbocycles. The van der Waals surface area contributed by atoms with Gasteiger partial charge in [-0.05, 0) is 38.0 Å². The Morgan fingerprint density at radius 1 is 1.53 bits per heavy atom. The number of Topliss-reactive ketones (excluding diaryl/α,β-unsaturated/α-hetero) is 1. The molecule has 1 aromatic rings. The first-order valence-corrected chi connectivity index (χ1v) is 7.31. The quantitative estimate of drug-likeness (QED) is 0.888. The van der Waals surface area contributed by atoms with Crippen molar-refractivity contribution >= 4 is 5.78 Å². The van der Waals surface area contributed by atoms with Crippen LogP contribution >= 0.6 is 0 Å². The molecule has 0 aromatic carbocycles. The summed E-state index contributed by atoms with van der Waals surface area (Å²) in [5.74, 6) is 1.33. The molecule has 1 aliphatic carbocycles. The van der Waals surface area contributed by atoms with E-state index >= 15 is 0 Å². The molecule has 0 bridgehead atoms. The number of hydrogen-bond acceptors (Lipinski definition) is 3. The molecule has 19 heavy (non-hydrogen) atoms. The van der Waals surface area contributed by atoms with Gasteiger partial charge in [0.25, 0.3) is 0 Å². The Bertz CT molecular complexity index is 431. The van der Waals surface area contributed by atoms with Crippen LogP contribution in [0, 0.1) is 5.92 Å². The van der Waals surface area contributed by atoms with Crippen molar-refractivity contribution in [1.29, 1.82) is 0 Å². The fourth-order valence-electron chi connectivity index (χ4n) is 2.78. The van der Waals surface area contributed by atoms with Gasteiger partial charge in [-0.3, -0.25) is 4.79 Å². The average molecular weight is 264 g/mol. The Labute approximate surface area is 114 Å². The highest BCUT2D eigenvalue weighted by Gasteiger charge is 2.38. The number of aromatic nitrogens is 2. The summed E-state index contributed by atoms with van der Waals surface area (Å²) in [5.41, 5.74) is -1.12. The first kappa shape index (κ1) is 14.3. The van der Waals surface area contributed by atoms with Crippen molar-refractivity contribution in [2.24, 2.45) is 5.92 Å². The molecule has 1 aromatic heterocycles. The van der Waals surface area contributed by atoms with Crippen molar-refractivity contribution < 1.29 is 9.90 Å². The van der Waals surface area contributed by atoms with Gasteiger partial charge in [-0.15, -0.1) is 0 Å². The molecule has 1 N–H and O–H groups in total. The highest BCUT2D eigenvalue weighted by atomic mass is 16.3. The largest absolute Gasteiger partial charge is 0.382 e. The minimum Gasteiger partial charge on any atom is -0.382 e. The van der Waals surface area contributed by atoms with Crippen molar-refractivity contribution in [2.45, 2.75) is 64.5 Å². The van der Waals surface area contributed by atoms with E-state index in [4.69, 9.17) is 0 Å². The molecule has 0 spiro atoms. The first-order chi connectivity index (χ1) is 9.05. The van der Waals surface area contributed by atoms with Gasteiger partial charge in [0.2, 0.25) is 0 Å². The maximum absolute atomic E-state index is 12.3. The van der Waals surface area contributed by atoms with Gasteiger partial charge < -0.3 is 9.67 Å². The van der Waals surface area contributed by atoms with Crippen LogP contribution in [0.2, 0.25) is 0 Å². The second kappa shape index (κ2) is 5.87.